The maximum atomic E-state index is 13.6. The van der Waals surface area contributed by atoms with Crippen LogP contribution in [-0.2, 0) is 13.0 Å². The predicted molar refractivity (Wildman–Crippen MR) is 71.2 cm³/mol. The third-order valence-corrected chi connectivity index (χ3v) is 4.31. The van der Waals surface area contributed by atoms with Crippen molar-refractivity contribution in [2.24, 2.45) is 5.73 Å². The molecule has 4 heteroatoms. The Kier molecular flexibility index (Phi) is 3.14. The van der Waals surface area contributed by atoms with E-state index in [0.717, 1.165) is 10.7 Å². The molecule has 1 heterocycles. The molecule has 2 nitrogen and oxygen atoms in total. The lowest BCUT2D eigenvalue weighted by molar-refractivity contribution is 0.613. The molecule has 0 radical (unpaired) electrons. The van der Waals surface area contributed by atoms with Crippen LogP contribution in [0.15, 0.2) is 24.3 Å². The molecule has 1 aliphatic rings. The highest BCUT2D eigenvalue weighted by Gasteiger charge is 2.29. The number of halogens is 1. The van der Waals surface area contributed by atoms with Crippen molar-refractivity contribution in [2.75, 3.05) is 0 Å². The highest BCUT2D eigenvalue weighted by molar-refractivity contribution is 7.11. The van der Waals surface area contributed by atoms with Crippen LogP contribution in [-0.4, -0.2) is 4.98 Å². The van der Waals surface area contributed by atoms with Gasteiger partial charge >= 0.3 is 0 Å². The smallest absolute Gasteiger partial charge is 0.126 e. The average Bonchev–Trinajstić information content (AvgIpc) is 3.14. The van der Waals surface area contributed by atoms with Crippen molar-refractivity contribution in [1.29, 1.82) is 0 Å². The molecule has 0 spiro atoms. The molecule has 1 aliphatic carbocycles. The number of aromatic nitrogens is 1. The summed E-state index contributed by atoms with van der Waals surface area (Å²) in [5.41, 5.74) is 7.62. The summed E-state index contributed by atoms with van der Waals surface area (Å²) in [5.74, 6) is 0.448. The Labute approximate surface area is 110 Å². The molecule has 94 valence electrons. The number of hydrogen-bond acceptors (Lipinski definition) is 3. The Morgan fingerprint density at radius 1 is 1.33 bits per heavy atom. The topological polar surface area (TPSA) is 38.9 Å². The monoisotopic (exact) mass is 262 g/mol. The van der Waals surface area contributed by atoms with E-state index in [1.54, 1.807) is 17.4 Å². The van der Waals surface area contributed by atoms with Crippen molar-refractivity contribution >= 4 is 11.3 Å². The third kappa shape index (κ3) is 2.31. The first-order valence-electron chi connectivity index (χ1n) is 6.20. The molecular weight excluding hydrogens is 247 g/mol. The van der Waals surface area contributed by atoms with E-state index >= 15 is 0 Å². The largest absolute Gasteiger partial charge is 0.326 e. The van der Waals surface area contributed by atoms with Gasteiger partial charge in [0.1, 0.15) is 5.82 Å². The van der Waals surface area contributed by atoms with E-state index in [0.29, 0.717) is 24.4 Å². The van der Waals surface area contributed by atoms with E-state index in [1.165, 1.54) is 23.8 Å². The van der Waals surface area contributed by atoms with Crippen LogP contribution in [0.25, 0.3) is 0 Å². The summed E-state index contributed by atoms with van der Waals surface area (Å²) in [4.78, 5) is 5.82. The minimum atomic E-state index is -0.157. The quantitative estimate of drug-likeness (QED) is 0.919. The van der Waals surface area contributed by atoms with Crippen LogP contribution in [0.1, 0.15) is 39.9 Å². The normalized spacial score (nSPS) is 15.0. The third-order valence-electron chi connectivity index (χ3n) is 3.22. The Morgan fingerprint density at radius 3 is 2.78 bits per heavy atom. The summed E-state index contributed by atoms with van der Waals surface area (Å²) < 4.78 is 13.6. The molecule has 1 aromatic carbocycles. The van der Waals surface area contributed by atoms with Crippen molar-refractivity contribution in [2.45, 2.75) is 31.7 Å². The van der Waals surface area contributed by atoms with Crippen molar-refractivity contribution < 1.29 is 4.39 Å². The van der Waals surface area contributed by atoms with Gasteiger partial charge in [0.05, 0.1) is 10.7 Å². The maximum absolute atomic E-state index is 13.6. The van der Waals surface area contributed by atoms with Gasteiger partial charge in [0.2, 0.25) is 0 Å². The summed E-state index contributed by atoms with van der Waals surface area (Å²) in [6.07, 6.45) is 3.00. The van der Waals surface area contributed by atoms with Gasteiger partial charge < -0.3 is 5.73 Å². The molecular formula is C14H15FN2S. The van der Waals surface area contributed by atoms with Crippen molar-refractivity contribution in [3.63, 3.8) is 0 Å². The number of hydrogen-bond donors (Lipinski definition) is 1. The van der Waals surface area contributed by atoms with E-state index in [4.69, 9.17) is 5.73 Å². The molecule has 0 bridgehead atoms. The first-order chi connectivity index (χ1) is 8.78. The summed E-state index contributed by atoms with van der Waals surface area (Å²) in [6, 6.07) is 6.88. The molecule has 3 rings (SSSR count). The Morgan fingerprint density at radius 2 is 2.11 bits per heavy atom. The molecule has 0 saturated heterocycles. The van der Waals surface area contributed by atoms with E-state index in [-0.39, 0.29) is 5.82 Å². The van der Waals surface area contributed by atoms with Crippen LogP contribution in [0.2, 0.25) is 0 Å². The summed E-state index contributed by atoms with van der Waals surface area (Å²) in [5, 5.41) is 0.974. The molecule has 0 amide bonds. The van der Waals surface area contributed by atoms with Gasteiger partial charge in [-0.15, -0.1) is 11.3 Å². The lowest BCUT2D eigenvalue weighted by Gasteiger charge is -1.99. The van der Waals surface area contributed by atoms with Crippen molar-refractivity contribution in [3.05, 3.63) is 51.2 Å². The van der Waals surface area contributed by atoms with Gasteiger partial charge in [0.15, 0.2) is 0 Å². The Hall–Kier alpha value is -1.26. The van der Waals surface area contributed by atoms with Gasteiger partial charge in [-0.1, -0.05) is 18.2 Å². The summed E-state index contributed by atoms with van der Waals surface area (Å²) in [7, 11) is 0. The fourth-order valence-corrected chi connectivity index (χ4v) is 3.17. The van der Waals surface area contributed by atoms with E-state index in [2.05, 4.69) is 4.98 Å². The molecule has 18 heavy (non-hydrogen) atoms. The molecule has 1 aromatic heterocycles. The van der Waals surface area contributed by atoms with E-state index < -0.39 is 0 Å². The maximum Gasteiger partial charge on any atom is 0.126 e. The predicted octanol–water partition coefficient (Wildman–Crippen LogP) is 3.21. The summed E-state index contributed by atoms with van der Waals surface area (Å²) >= 11 is 1.63. The molecule has 0 atom stereocenters. The van der Waals surface area contributed by atoms with Gasteiger partial charge in [-0.25, -0.2) is 9.37 Å². The zero-order valence-electron chi connectivity index (χ0n) is 10.0. The summed E-state index contributed by atoms with van der Waals surface area (Å²) in [6.45, 7) is 0.542. The van der Waals surface area contributed by atoms with Gasteiger partial charge in [-0.3, -0.25) is 0 Å². The van der Waals surface area contributed by atoms with Crippen LogP contribution >= 0.6 is 11.3 Å². The lowest BCUT2D eigenvalue weighted by Crippen LogP contribution is -1.97. The van der Waals surface area contributed by atoms with E-state index in [9.17, 15) is 4.39 Å². The number of nitrogens with two attached hydrogens (primary N) is 1. The van der Waals surface area contributed by atoms with Crippen LogP contribution in [0.3, 0.4) is 0 Å². The Balaban J connectivity index is 1.86. The highest BCUT2D eigenvalue weighted by Crippen LogP contribution is 2.42. The van der Waals surface area contributed by atoms with Crippen molar-refractivity contribution in [3.8, 4) is 0 Å². The number of benzene rings is 1. The molecule has 2 N–H and O–H groups in total. The molecule has 1 fully saturated rings. The minimum absolute atomic E-state index is 0.157. The van der Waals surface area contributed by atoms with Gasteiger partial charge in [0.25, 0.3) is 0 Å². The molecule has 1 saturated carbocycles. The zero-order valence-corrected chi connectivity index (χ0v) is 10.8. The van der Waals surface area contributed by atoms with Crippen LogP contribution in [0.4, 0.5) is 4.39 Å². The molecule has 2 aromatic rings. The van der Waals surface area contributed by atoms with Crippen LogP contribution in [0, 0.1) is 5.82 Å². The Bertz CT molecular complexity index is 561. The number of nitrogens with zero attached hydrogens (tertiary/aromatic N) is 1. The van der Waals surface area contributed by atoms with Crippen molar-refractivity contribution in [1.82, 2.24) is 4.98 Å². The SMILES string of the molecule is NCc1sc(Cc2ccccc2F)nc1C1CC1. The van der Waals surface area contributed by atoms with E-state index in [1.807, 2.05) is 12.1 Å². The zero-order chi connectivity index (χ0) is 12.5. The van der Waals surface area contributed by atoms with Gasteiger partial charge in [-0.2, -0.15) is 0 Å². The fraction of sp³-hybridized carbons (Fsp3) is 0.357. The molecule has 0 aliphatic heterocycles. The molecule has 0 unspecified atom stereocenters. The van der Waals surface area contributed by atoms with Gasteiger partial charge in [0, 0.05) is 23.8 Å². The van der Waals surface area contributed by atoms with Gasteiger partial charge in [-0.05, 0) is 24.5 Å². The second-order valence-corrected chi connectivity index (χ2v) is 5.83. The highest BCUT2D eigenvalue weighted by atomic mass is 32.1. The minimum Gasteiger partial charge on any atom is -0.326 e. The lowest BCUT2D eigenvalue weighted by atomic mass is 10.1. The number of rotatable bonds is 4. The first kappa shape index (κ1) is 11.8. The first-order valence-corrected chi connectivity index (χ1v) is 7.01. The van der Waals surface area contributed by atoms with Crippen LogP contribution < -0.4 is 5.73 Å². The second-order valence-electron chi connectivity index (χ2n) is 4.66. The van der Waals surface area contributed by atoms with Crippen LogP contribution in [0.5, 0.6) is 0 Å². The second kappa shape index (κ2) is 4.78. The average molecular weight is 262 g/mol. The fourth-order valence-electron chi connectivity index (χ4n) is 2.12. The standard InChI is InChI=1S/C14H15FN2S/c15-11-4-2-1-3-10(11)7-13-17-14(9-5-6-9)12(8-16)18-13/h1-4,9H,5-8,16H2. The number of thiazole rings is 1.